The number of fused-ring (bicyclic) bond motifs is 1. The van der Waals surface area contributed by atoms with Crippen molar-refractivity contribution in [3.8, 4) is 0 Å². The number of imide groups is 1. The summed E-state index contributed by atoms with van der Waals surface area (Å²) in [7, 11) is 0. The van der Waals surface area contributed by atoms with E-state index in [1.54, 1.807) is 4.90 Å². The highest BCUT2D eigenvalue weighted by atomic mass is 16.2. The molecule has 18 heavy (non-hydrogen) atoms. The average molecular weight is 250 g/mol. The van der Waals surface area contributed by atoms with Crippen LogP contribution in [0.15, 0.2) is 0 Å². The predicted molar refractivity (Wildman–Crippen MR) is 67.5 cm³/mol. The van der Waals surface area contributed by atoms with Crippen LogP contribution in [0.25, 0.3) is 0 Å². The number of nitrogens with zero attached hydrogens (tertiary/aromatic N) is 1. The molecule has 3 rings (SSSR count). The molecule has 0 radical (unpaired) electrons. The summed E-state index contributed by atoms with van der Waals surface area (Å²) in [5.74, 6) is 0.527. The lowest BCUT2D eigenvalue weighted by Crippen LogP contribution is -2.44. The number of rotatable bonds is 2. The number of carbonyl (C=O) groups is 2. The summed E-state index contributed by atoms with van der Waals surface area (Å²) >= 11 is 0. The highest BCUT2D eigenvalue weighted by molar-refractivity contribution is 6.05. The summed E-state index contributed by atoms with van der Waals surface area (Å²) in [6.07, 6.45) is 7.13. The van der Waals surface area contributed by atoms with Crippen LogP contribution < -0.4 is 5.73 Å². The predicted octanol–water partition coefficient (Wildman–Crippen LogP) is 1.29. The van der Waals surface area contributed by atoms with Gasteiger partial charge in [0.1, 0.15) is 0 Å². The second-order valence-corrected chi connectivity index (χ2v) is 6.04. The Bertz CT molecular complexity index is 345. The van der Waals surface area contributed by atoms with Crippen molar-refractivity contribution >= 4 is 11.8 Å². The van der Waals surface area contributed by atoms with Crippen LogP contribution in [0.2, 0.25) is 0 Å². The van der Waals surface area contributed by atoms with Gasteiger partial charge < -0.3 is 5.73 Å². The van der Waals surface area contributed by atoms with E-state index in [-0.39, 0.29) is 29.7 Å². The van der Waals surface area contributed by atoms with Crippen molar-refractivity contribution in [1.82, 2.24) is 4.90 Å². The van der Waals surface area contributed by atoms with Crippen LogP contribution >= 0.6 is 0 Å². The molecule has 4 heteroatoms. The second kappa shape index (κ2) is 4.65. The normalized spacial score (nSPS) is 40.4. The third-order valence-electron chi connectivity index (χ3n) is 5.13. The Labute approximate surface area is 108 Å². The molecule has 4 nitrogen and oxygen atoms in total. The van der Waals surface area contributed by atoms with E-state index in [1.807, 2.05) is 0 Å². The Kier molecular flexibility index (Phi) is 3.14. The largest absolute Gasteiger partial charge is 0.330 e. The number of carbonyl (C=O) groups excluding carboxylic acids is 2. The summed E-state index contributed by atoms with van der Waals surface area (Å²) in [6.45, 7) is 0.594. The molecule has 2 N–H and O–H groups in total. The standard InChI is InChI=1S/C14H22N2O2/c15-8-9-4-3-7-12(9)16-13(17)10-5-1-2-6-11(10)14(16)18/h9-12H,1-8,15H2. The number of hydrogen-bond donors (Lipinski definition) is 1. The van der Waals surface area contributed by atoms with Gasteiger partial charge in [-0.15, -0.1) is 0 Å². The van der Waals surface area contributed by atoms with Crippen LogP contribution in [0.5, 0.6) is 0 Å². The van der Waals surface area contributed by atoms with Crippen molar-refractivity contribution in [3.63, 3.8) is 0 Å². The maximum atomic E-state index is 12.5. The Morgan fingerprint density at radius 2 is 1.56 bits per heavy atom. The minimum atomic E-state index is -0.00901. The van der Waals surface area contributed by atoms with E-state index >= 15 is 0 Å². The zero-order chi connectivity index (χ0) is 12.7. The minimum Gasteiger partial charge on any atom is -0.330 e. The van der Waals surface area contributed by atoms with Crippen molar-refractivity contribution in [2.24, 2.45) is 23.5 Å². The monoisotopic (exact) mass is 250 g/mol. The van der Waals surface area contributed by atoms with E-state index in [4.69, 9.17) is 5.73 Å². The van der Waals surface area contributed by atoms with E-state index in [9.17, 15) is 9.59 Å². The zero-order valence-electron chi connectivity index (χ0n) is 10.8. The molecule has 0 aromatic rings. The number of likely N-dealkylation sites (tertiary alicyclic amines) is 1. The van der Waals surface area contributed by atoms with Crippen molar-refractivity contribution in [2.75, 3.05) is 6.54 Å². The smallest absolute Gasteiger partial charge is 0.233 e. The molecule has 1 saturated heterocycles. The maximum absolute atomic E-state index is 12.5. The van der Waals surface area contributed by atoms with Crippen molar-refractivity contribution in [2.45, 2.75) is 51.0 Å². The molecule has 2 aliphatic carbocycles. The fraction of sp³-hybridized carbons (Fsp3) is 0.857. The van der Waals surface area contributed by atoms with Crippen LogP contribution in [0.4, 0.5) is 0 Å². The zero-order valence-corrected chi connectivity index (χ0v) is 10.8. The lowest BCUT2D eigenvalue weighted by atomic mass is 9.81. The van der Waals surface area contributed by atoms with Gasteiger partial charge in [-0.2, -0.15) is 0 Å². The maximum Gasteiger partial charge on any atom is 0.233 e. The first-order valence-electron chi connectivity index (χ1n) is 7.31. The second-order valence-electron chi connectivity index (χ2n) is 6.04. The first-order valence-corrected chi connectivity index (χ1v) is 7.31. The van der Waals surface area contributed by atoms with Gasteiger partial charge in [-0.05, 0) is 38.1 Å². The van der Waals surface area contributed by atoms with Crippen LogP contribution in [0.1, 0.15) is 44.9 Å². The lowest BCUT2D eigenvalue weighted by Gasteiger charge is -2.27. The highest BCUT2D eigenvalue weighted by Gasteiger charge is 2.52. The molecule has 1 aliphatic heterocycles. The molecule has 100 valence electrons. The van der Waals surface area contributed by atoms with Gasteiger partial charge >= 0.3 is 0 Å². The Morgan fingerprint density at radius 1 is 0.944 bits per heavy atom. The molecular formula is C14H22N2O2. The van der Waals surface area contributed by atoms with E-state index in [1.165, 1.54) is 0 Å². The molecule has 0 aromatic carbocycles. The average Bonchev–Trinajstić information content (AvgIpc) is 2.95. The molecule has 0 bridgehead atoms. The molecule has 0 spiro atoms. The molecule has 2 saturated carbocycles. The van der Waals surface area contributed by atoms with E-state index in [0.717, 1.165) is 44.9 Å². The minimum absolute atomic E-state index is 0.00901. The third-order valence-corrected chi connectivity index (χ3v) is 5.13. The van der Waals surface area contributed by atoms with Gasteiger partial charge in [0.05, 0.1) is 11.8 Å². The SMILES string of the molecule is NCC1CCCC1N1C(=O)C2CCCCC2C1=O. The fourth-order valence-corrected chi connectivity index (χ4v) is 4.15. The van der Waals surface area contributed by atoms with Gasteiger partial charge in [-0.25, -0.2) is 0 Å². The van der Waals surface area contributed by atoms with Crippen molar-refractivity contribution < 1.29 is 9.59 Å². The van der Waals surface area contributed by atoms with E-state index in [2.05, 4.69) is 0 Å². The highest BCUT2D eigenvalue weighted by Crippen LogP contribution is 2.42. The molecule has 2 amide bonds. The summed E-state index contributed by atoms with van der Waals surface area (Å²) in [4.78, 5) is 26.5. The van der Waals surface area contributed by atoms with Crippen molar-refractivity contribution in [3.05, 3.63) is 0 Å². The number of nitrogens with two attached hydrogens (primary N) is 1. The molecular weight excluding hydrogens is 228 g/mol. The van der Waals surface area contributed by atoms with Gasteiger partial charge in [0.2, 0.25) is 11.8 Å². The lowest BCUT2D eigenvalue weighted by molar-refractivity contribution is -0.143. The molecule has 4 unspecified atom stereocenters. The summed E-state index contributed by atoms with van der Waals surface area (Å²) < 4.78 is 0. The van der Waals surface area contributed by atoms with E-state index < -0.39 is 0 Å². The molecule has 1 heterocycles. The summed E-state index contributed by atoms with van der Waals surface area (Å²) in [6, 6.07) is 0.0978. The molecule has 0 aromatic heterocycles. The first-order chi connectivity index (χ1) is 8.74. The van der Waals surface area contributed by atoms with Crippen molar-refractivity contribution in [1.29, 1.82) is 0 Å². The van der Waals surface area contributed by atoms with Crippen LogP contribution in [-0.2, 0) is 9.59 Å². The van der Waals surface area contributed by atoms with Gasteiger partial charge in [0.25, 0.3) is 0 Å². The van der Waals surface area contributed by atoms with Gasteiger partial charge in [0, 0.05) is 6.04 Å². The summed E-state index contributed by atoms with van der Waals surface area (Å²) in [5, 5.41) is 0. The Hall–Kier alpha value is -0.900. The molecule has 4 atom stereocenters. The topological polar surface area (TPSA) is 63.4 Å². The third kappa shape index (κ3) is 1.69. The first kappa shape index (κ1) is 12.2. The number of amides is 2. The van der Waals surface area contributed by atoms with Crippen LogP contribution in [-0.4, -0.2) is 29.3 Å². The van der Waals surface area contributed by atoms with Crippen LogP contribution in [0.3, 0.4) is 0 Å². The van der Waals surface area contributed by atoms with Gasteiger partial charge in [0.15, 0.2) is 0 Å². The van der Waals surface area contributed by atoms with Crippen LogP contribution in [0, 0.1) is 17.8 Å². The molecule has 3 fully saturated rings. The van der Waals surface area contributed by atoms with Gasteiger partial charge in [-0.3, -0.25) is 14.5 Å². The Balaban J connectivity index is 1.83. The quantitative estimate of drug-likeness (QED) is 0.751. The number of hydrogen-bond acceptors (Lipinski definition) is 3. The Morgan fingerprint density at radius 3 is 2.11 bits per heavy atom. The van der Waals surface area contributed by atoms with E-state index in [0.29, 0.717) is 12.5 Å². The summed E-state index contributed by atoms with van der Waals surface area (Å²) in [5.41, 5.74) is 5.78. The fourth-order valence-electron chi connectivity index (χ4n) is 4.15. The van der Waals surface area contributed by atoms with Gasteiger partial charge in [-0.1, -0.05) is 19.3 Å². The molecule has 3 aliphatic rings.